The molecule has 2 aromatic heterocycles. The van der Waals surface area contributed by atoms with Crippen molar-refractivity contribution in [2.45, 2.75) is 39.2 Å². The number of nitrogens with zero attached hydrogens (tertiary/aromatic N) is 3. The molecule has 0 radical (unpaired) electrons. The van der Waals surface area contributed by atoms with Crippen LogP contribution in [0.15, 0.2) is 36.7 Å². The lowest BCUT2D eigenvalue weighted by Gasteiger charge is -2.29. The average molecular weight is 381 g/mol. The topological polar surface area (TPSA) is 56.1 Å². The van der Waals surface area contributed by atoms with Crippen molar-refractivity contribution in [2.24, 2.45) is 0 Å². The molecule has 0 saturated heterocycles. The molecule has 1 amide bonds. The fraction of sp³-hybridized carbons (Fsp3) is 0.455. The van der Waals surface area contributed by atoms with Crippen LogP contribution in [0.3, 0.4) is 0 Å². The van der Waals surface area contributed by atoms with E-state index in [1.807, 2.05) is 37.7 Å². The molecule has 2 aliphatic heterocycles. The van der Waals surface area contributed by atoms with Crippen molar-refractivity contribution in [3.8, 4) is 0 Å². The number of hydrogen-bond acceptors (Lipinski definition) is 4. The van der Waals surface area contributed by atoms with E-state index in [1.165, 1.54) is 16.7 Å². The van der Waals surface area contributed by atoms with Crippen molar-refractivity contribution >= 4 is 22.8 Å². The summed E-state index contributed by atoms with van der Waals surface area (Å²) in [6.45, 7) is 8.33. The van der Waals surface area contributed by atoms with Crippen molar-refractivity contribution in [1.82, 2.24) is 14.5 Å². The zero-order valence-corrected chi connectivity index (χ0v) is 16.8. The van der Waals surface area contributed by atoms with Crippen LogP contribution in [0.1, 0.15) is 44.7 Å². The van der Waals surface area contributed by atoms with Crippen molar-refractivity contribution in [2.75, 3.05) is 26.3 Å². The van der Waals surface area contributed by atoms with E-state index in [1.54, 1.807) is 4.90 Å². The summed E-state index contributed by atoms with van der Waals surface area (Å²) in [6.07, 6.45) is 9.69. The van der Waals surface area contributed by atoms with E-state index in [4.69, 9.17) is 9.47 Å². The quantitative estimate of drug-likeness (QED) is 0.784. The second kappa shape index (κ2) is 7.43. The minimum absolute atomic E-state index is 0.253. The third-order valence-corrected chi connectivity index (χ3v) is 5.06. The summed E-state index contributed by atoms with van der Waals surface area (Å²) in [6, 6.07) is 4.32. The van der Waals surface area contributed by atoms with E-state index >= 15 is 0 Å². The van der Waals surface area contributed by atoms with Gasteiger partial charge >= 0.3 is 6.09 Å². The molecule has 0 bridgehead atoms. The van der Waals surface area contributed by atoms with Crippen LogP contribution < -0.4 is 0 Å². The van der Waals surface area contributed by atoms with E-state index in [9.17, 15) is 4.79 Å². The van der Waals surface area contributed by atoms with E-state index in [0.717, 1.165) is 30.5 Å². The second-order valence-corrected chi connectivity index (χ2v) is 8.26. The first-order chi connectivity index (χ1) is 13.4. The molecule has 0 aromatic carbocycles. The number of carbonyl (C=O) groups excluding carboxylic acids is 1. The minimum Gasteiger partial charge on any atom is -0.444 e. The highest BCUT2D eigenvalue weighted by atomic mass is 16.6. The highest BCUT2D eigenvalue weighted by Gasteiger charge is 2.24. The Morgan fingerprint density at radius 3 is 2.75 bits per heavy atom. The van der Waals surface area contributed by atoms with Gasteiger partial charge in [0.1, 0.15) is 5.60 Å². The van der Waals surface area contributed by atoms with Gasteiger partial charge in [0.15, 0.2) is 0 Å². The van der Waals surface area contributed by atoms with E-state index in [0.29, 0.717) is 19.7 Å². The fourth-order valence-electron chi connectivity index (χ4n) is 3.62. The summed E-state index contributed by atoms with van der Waals surface area (Å²) in [7, 11) is 0. The number of aromatic nitrogens is 2. The SMILES string of the molecule is CC(C)(C)OC(=O)N1CC=C(c2cnn3ccc(C4=CCOCC4)cc23)CC1. The van der Waals surface area contributed by atoms with Gasteiger partial charge in [0.05, 0.1) is 24.9 Å². The second-order valence-electron chi connectivity index (χ2n) is 8.26. The zero-order chi connectivity index (χ0) is 19.7. The van der Waals surface area contributed by atoms with E-state index < -0.39 is 5.60 Å². The smallest absolute Gasteiger partial charge is 0.410 e. The lowest BCUT2D eigenvalue weighted by Crippen LogP contribution is -2.39. The Kier molecular flexibility index (Phi) is 4.98. The summed E-state index contributed by atoms with van der Waals surface area (Å²) >= 11 is 0. The molecular weight excluding hydrogens is 354 g/mol. The Hall–Kier alpha value is -2.60. The molecule has 4 heterocycles. The highest BCUT2D eigenvalue weighted by Crippen LogP contribution is 2.29. The largest absolute Gasteiger partial charge is 0.444 e. The number of pyridine rings is 1. The summed E-state index contributed by atoms with van der Waals surface area (Å²) in [5.74, 6) is 0. The lowest BCUT2D eigenvalue weighted by molar-refractivity contribution is 0.0270. The molecule has 0 unspecified atom stereocenters. The van der Waals surface area contributed by atoms with Gasteiger partial charge in [-0.15, -0.1) is 0 Å². The molecule has 0 saturated carbocycles. The Balaban J connectivity index is 1.56. The summed E-state index contributed by atoms with van der Waals surface area (Å²) in [5.41, 5.74) is 5.55. The third kappa shape index (κ3) is 3.97. The average Bonchev–Trinajstić information content (AvgIpc) is 3.10. The van der Waals surface area contributed by atoms with Gasteiger partial charge in [-0.1, -0.05) is 12.2 Å². The van der Waals surface area contributed by atoms with Crippen LogP contribution in [0.4, 0.5) is 4.79 Å². The number of carbonyl (C=O) groups is 1. The van der Waals surface area contributed by atoms with Gasteiger partial charge in [0, 0.05) is 24.8 Å². The predicted octanol–water partition coefficient (Wildman–Crippen LogP) is 4.16. The van der Waals surface area contributed by atoms with Gasteiger partial charge in [-0.05, 0) is 62.5 Å². The Morgan fingerprint density at radius 1 is 1.21 bits per heavy atom. The first-order valence-electron chi connectivity index (χ1n) is 9.82. The van der Waals surface area contributed by atoms with E-state index in [-0.39, 0.29) is 6.09 Å². The number of ether oxygens (including phenoxy) is 2. The molecule has 6 heteroatoms. The first kappa shape index (κ1) is 18.7. The third-order valence-electron chi connectivity index (χ3n) is 5.06. The lowest BCUT2D eigenvalue weighted by atomic mass is 9.98. The molecule has 0 aliphatic carbocycles. The van der Waals surface area contributed by atoms with E-state index in [2.05, 4.69) is 29.4 Å². The summed E-state index contributed by atoms with van der Waals surface area (Å²) in [5, 5.41) is 4.51. The molecule has 2 aliphatic rings. The number of hydrogen-bond donors (Lipinski definition) is 0. The molecule has 0 atom stereocenters. The van der Waals surface area contributed by atoms with Crippen LogP contribution in [0.2, 0.25) is 0 Å². The van der Waals surface area contributed by atoms with Gasteiger partial charge < -0.3 is 14.4 Å². The van der Waals surface area contributed by atoms with Crippen LogP contribution in [0.5, 0.6) is 0 Å². The van der Waals surface area contributed by atoms with Crippen molar-refractivity contribution in [3.05, 3.63) is 47.8 Å². The maximum Gasteiger partial charge on any atom is 0.410 e. The van der Waals surface area contributed by atoms with Gasteiger partial charge in [-0.3, -0.25) is 0 Å². The van der Waals surface area contributed by atoms with Gasteiger partial charge in [-0.2, -0.15) is 5.10 Å². The number of amides is 1. The molecular formula is C22H27N3O3. The molecule has 6 nitrogen and oxygen atoms in total. The first-order valence-corrected chi connectivity index (χ1v) is 9.82. The maximum absolute atomic E-state index is 12.3. The molecule has 0 spiro atoms. The minimum atomic E-state index is -0.473. The van der Waals surface area contributed by atoms with Gasteiger partial charge in [-0.25, -0.2) is 9.31 Å². The van der Waals surface area contributed by atoms with Crippen molar-refractivity contribution < 1.29 is 14.3 Å². The van der Waals surface area contributed by atoms with Gasteiger partial charge in [0.2, 0.25) is 0 Å². The Bertz CT molecular complexity index is 950. The molecule has 2 aromatic rings. The normalized spacial score (nSPS) is 18.0. The van der Waals surface area contributed by atoms with Crippen LogP contribution in [0.25, 0.3) is 16.7 Å². The summed E-state index contributed by atoms with van der Waals surface area (Å²) < 4.78 is 12.8. The standard InChI is InChI=1S/C22H27N3O3/c1-22(2,3)28-21(26)24-9-4-17(5-10-24)19-15-23-25-11-6-18(14-20(19)25)16-7-12-27-13-8-16/h4,6-7,11,14-15H,5,8-10,12-13H2,1-3H3. The van der Waals surface area contributed by atoms with Gasteiger partial charge in [0.25, 0.3) is 0 Å². The molecule has 0 N–H and O–H groups in total. The van der Waals surface area contributed by atoms with Crippen LogP contribution in [-0.2, 0) is 9.47 Å². The van der Waals surface area contributed by atoms with Crippen LogP contribution >= 0.6 is 0 Å². The molecule has 148 valence electrons. The maximum atomic E-state index is 12.3. The van der Waals surface area contributed by atoms with Crippen LogP contribution in [-0.4, -0.2) is 52.5 Å². The van der Waals surface area contributed by atoms with Crippen molar-refractivity contribution in [1.29, 1.82) is 0 Å². The summed E-state index contributed by atoms with van der Waals surface area (Å²) in [4.78, 5) is 14.0. The Labute approximate surface area is 165 Å². The number of fused-ring (bicyclic) bond motifs is 1. The molecule has 28 heavy (non-hydrogen) atoms. The van der Waals surface area contributed by atoms with Crippen LogP contribution in [0, 0.1) is 0 Å². The molecule has 0 fully saturated rings. The monoisotopic (exact) mass is 381 g/mol. The fourth-order valence-corrected chi connectivity index (χ4v) is 3.62. The number of rotatable bonds is 2. The molecule has 4 rings (SSSR count). The zero-order valence-electron chi connectivity index (χ0n) is 16.8. The van der Waals surface area contributed by atoms with Crippen molar-refractivity contribution in [3.63, 3.8) is 0 Å². The predicted molar refractivity (Wildman–Crippen MR) is 109 cm³/mol. The Morgan fingerprint density at radius 2 is 2.07 bits per heavy atom. The highest BCUT2D eigenvalue weighted by molar-refractivity contribution is 5.82.